The number of nitrogens with one attached hydrogen (secondary N) is 1. The van der Waals surface area contributed by atoms with Crippen molar-refractivity contribution in [1.29, 1.82) is 0 Å². The van der Waals surface area contributed by atoms with E-state index in [9.17, 15) is 4.79 Å². The van der Waals surface area contributed by atoms with E-state index in [2.05, 4.69) is 17.4 Å². The minimum Gasteiger partial charge on any atom is -0.409 e. The molecule has 0 aromatic rings. The standard InChI is InChI=1S/C16H27N3O2/c1-9(14(17)19-21)15(20)18-10(2)16-6-11-3-12(7-16)5-13(4-11)8-16/h9-13,21H,3-8H2,1-2H3,(H2,17,19)(H,18,20). The summed E-state index contributed by atoms with van der Waals surface area (Å²) in [6, 6.07) is 0.173. The van der Waals surface area contributed by atoms with Gasteiger partial charge in [0.2, 0.25) is 5.91 Å². The fourth-order valence-corrected chi connectivity index (χ4v) is 5.42. The second kappa shape index (κ2) is 5.18. The van der Waals surface area contributed by atoms with Gasteiger partial charge in [-0.15, -0.1) is 0 Å². The molecule has 0 heterocycles. The molecular weight excluding hydrogens is 266 g/mol. The van der Waals surface area contributed by atoms with E-state index < -0.39 is 5.92 Å². The molecule has 5 nitrogen and oxygen atoms in total. The summed E-state index contributed by atoms with van der Waals surface area (Å²) in [6.45, 7) is 3.82. The molecule has 2 unspecified atom stereocenters. The van der Waals surface area contributed by atoms with E-state index >= 15 is 0 Å². The molecule has 4 aliphatic rings. The Bertz CT molecular complexity index is 425. The highest BCUT2D eigenvalue weighted by atomic mass is 16.4. The Kier molecular flexibility index (Phi) is 3.62. The number of amidine groups is 1. The molecule has 1 amide bonds. The van der Waals surface area contributed by atoms with Crippen LogP contribution in [0.3, 0.4) is 0 Å². The Morgan fingerprint density at radius 2 is 1.67 bits per heavy atom. The lowest BCUT2D eigenvalue weighted by Gasteiger charge is -2.59. The lowest BCUT2D eigenvalue weighted by atomic mass is 9.48. The maximum atomic E-state index is 12.3. The average molecular weight is 293 g/mol. The summed E-state index contributed by atoms with van der Waals surface area (Å²) in [5.41, 5.74) is 5.83. The molecule has 0 aromatic heterocycles. The van der Waals surface area contributed by atoms with E-state index in [1.165, 1.54) is 38.5 Å². The Morgan fingerprint density at radius 3 is 2.10 bits per heavy atom. The molecule has 0 spiro atoms. The number of nitrogens with zero attached hydrogens (tertiary/aromatic N) is 1. The first-order valence-corrected chi connectivity index (χ1v) is 8.21. The van der Waals surface area contributed by atoms with Gasteiger partial charge in [-0.25, -0.2) is 0 Å². The van der Waals surface area contributed by atoms with Crippen LogP contribution in [0, 0.1) is 29.1 Å². The van der Waals surface area contributed by atoms with Gasteiger partial charge in [0.05, 0.1) is 5.92 Å². The molecule has 4 fully saturated rings. The van der Waals surface area contributed by atoms with Crippen LogP contribution in [-0.4, -0.2) is 23.0 Å². The van der Waals surface area contributed by atoms with Gasteiger partial charge in [0.1, 0.15) is 0 Å². The van der Waals surface area contributed by atoms with Crippen molar-refractivity contribution in [2.75, 3.05) is 0 Å². The number of hydrogen-bond donors (Lipinski definition) is 3. The van der Waals surface area contributed by atoms with Gasteiger partial charge in [-0.2, -0.15) is 0 Å². The molecular formula is C16H27N3O2. The van der Waals surface area contributed by atoms with Crippen molar-refractivity contribution in [2.24, 2.45) is 40.0 Å². The summed E-state index contributed by atoms with van der Waals surface area (Å²) < 4.78 is 0. The van der Waals surface area contributed by atoms with Gasteiger partial charge in [0.25, 0.3) is 0 Å². The zero-order valence-electron chi connectivity index (χ0n) is 13.0. The van der Waals surface area contributed by atoms with Crippen LogP contribution in [0.15, 0.2) is 5.16 Å². The maximum absolute atomic E-state index is 12.3. The topological polar surface area (TPSA) is 87.7 Å². The van der Waals surface area contributed by atoms with Gasteiger partial charge in [-0.05, 0) is 75.5 Å². The fourth-order valence-electron chi connectivity index (χ4n) is 5.42. The van der Waals surface area contributed by atoms with E-state index in [1.54, 1.807) is 6.92 Å². The first-order chi connectivity index (χ1) is 9.93. The molecule has 2 atom stereocenters. The van der Waals surface area contributed by atoms with E-state index in [4.69, 9.17) is 10.9 Å². The Labute approximate surface area is 126 Å². The molecule has 0 radical (unpaired) electrons. The van der Waals surface area contributed by atoms with Gasteiger partial charge in [-0.3, -0.25) is 4.79 Å². The summed E-state index contributed by atoms with van der Waals surface area (Å²) in [4.78, 5) is 12.3. The van der Waals surface area contributed by atoms with E-state index in [0.717, 1.165) is 17.8 Å². The minimum absolute atomic E-state index is 0.0230. The molecule has 4 rings (SSSR count). The maximum Gasteiger partial charge on any atom is 0.230 e. The Hall–Kier alpha value is -1.26. The molecule has 4 N–H and O–H groups in total. The third kappa shape index (κ3) is 2.51. The lowest BCUT2D eigenvalue weighted by Crippen LogP contribution is -2.56. The molecule has 4 aliphatic carbocycles. The second-order valence-corrected chi connectivity index (χ2v) is 7.76. The van der Waals surface area contributed by atoms with E-state index in [1.807, 2.05) is 0 Å². The van der Waals surface area contributed by atoms with Crippen LogP contribution < -0.4 is 11.1 Å². The number of amides is 1. The van der Waals surface area contributed by atoms with E-state index in [0.29, 0.717) is 0 Å². The smallest absolute Gasteiger partial charge is 0.230 e. The monoisotopic (exact) mass is 293 g/mol. The van der Waals surface area contributed by atoms with Crippen LogP contribution in [0.25, 0.3) is 0 Å². The van der Waals surface area contributed by atoms with Crippen molar-refractivity contribution < 1.29 is 10.0 Å². The Morgan fingerprint density at radius 1 is 1.19 bits per heavy atom. The quantitative estimate of drug-likeness (QED) is 0.321. The minimum atomic E-state index is -0.577. The van der Waals surface area contributed by atoms with Crippen molar-refractivity contribution in [3.05, 3.63) is 0 Å². The third-order valence-corrected chi connectivity index (χ3v) is 6.32. The fraction of sp³-hybridized carbons (Fsp3) is 0.875. The van der Waals surface area contributed by atoms with Gasteiger partial charge in [0, 0.05) is 6.04 Å². The number of rotatable bonds is 4. The van der Waals surface area contributed by atoms with Crippen LogP contribution >= 0.6 is 0 Å². The lowest BCUT2D eigenvalue weighted by molar-refractivity contribution is -0.127. The predicted molar refractivity (Wildman–Crippen MR) is 80.8 cm³/mol. The van der Waals surface area contributed by atoms with Crippen molar-refractivity contribution in [3.8, 4) is 0 Å². The summed E-state index contributed by atoms with van der Waals surface area (Å²) >= 11 is 0. The second-order valence-electron chi connectivity index (χ2n) is 7.76. The zero-order chi connectivity index (χ0) is 15.2. The normalized spacial score (nSPS) is 40.9. The molecule has 4 saturated carbocycles. The first-order valence-electron chi connectivity index (χ1n) is 8.21. The van der Waals surface area contributed by atoms with Crippen LogP contribution in [0.2, 0.25) is 0 Å². The molecule has 5 heteroatoms. The number of hydrogen-bond acceptors (Lipinski definition) is 3. The highest BCUT2D eigenvalue weighted by molar-refractivity contribution is 6.01. The van der Waals surface area contributed by atoms with E-state index in [-0.39, 0.29) is 23.2 Å². The van der Waals surface area contributed by atoms with Gasteiger partial charge < -0.3 is 16.3 Å². The summed E-state index contributed by atoms with van der Waals surface area (Å²) in [5, 5.41) is 14.8. The zero-order valence-corrected chi connectivity index (χ0v) is 13.0. The van der Waals surface area contributed by atoms with Crippen molar-refractivity contribution in [1.82, 2.24) is 5.32 Å². The van der Waals surface area contributed by atoms with Crippen molar-refractivity contribution in [2.45, 2.75) is 58.4 Å². The third-order valence-electron chi connectivity index (χ3n) is 6.32. The number of oxime groups is 1. The predicted octanol–water partition coefficient (Wildman–Crippen LogP) is 2.09. The molecule has 0 saturated heterocycles. The largest absolute Gasteiger partial charge is 0.409 e. The number of nitrogens with two attached hydrogens (primary N) is 1. The molecule has 118 valence electrons. The molecule has 0 aliphatic heterocycles. The average Bonchev–Trinajstić information content (AvgIpc) is 2.44. The highest BCUT2D eigenvalue weighted by Gasteiger charge is 2.53. The van der Waals surface area contributed by atoms with Crippen LogP contribution in [-0.2, 0) is 4.79 Å². The highest BCUT2D eigenvalue weighted by Crippen LogP contribution is 2.61. The van der Waals surface area contributed by atoms with Gasteiger partial charge in [0.15, 0.2) is 5.84 Å². The summed E-state index contributed by atoms with van der Waals surface area (Å²) in [5.74, 6) is 1.89. The van der Waals surface area contributed by atoms with Gasteiger partial charge in [-0.1, -0.05) is 5.16 Å². The first kappa shape index (κ1) is 14.7. The summed E-state index contributed by atoms with van der Waals surface area (Å²) in [7, 11) is 0. The van der Waals surface area contributed by atoms with Crippen molar-refractivity contribution >= 4 is 11.7 Å². The SMILES string of the molecule is CC(C(=O)NC(C)C12CC3CC(CC(C3)C1)C2)C(N)=NO. The summed E-state index contributed by atoms with van der Waals surface area (Å²) in [6.07, 6.45) is 8.00. The van der Waals surface area contributed by atoms with Crippen molar-refractivity contribution in [3.63, 3.8) is 0 Å². The number of carbonyl (C=O) groups excluding carboxylic acids is 1. The molecule has 21 heavy (non-hydrogen) atoms. The van der Waals surface area contributed by atoms with Crippen LogP contribution in [0.1, 0.15) is 52.4 Å². The molecule has 4 bridgehead atoms. The Balaban J connectivity index is 1.68. The van der Waals surface area contributed by atoms with Gasteiger partial charge >= 0.3 is 0 Å². The van der Waals surface area contributed by atoms with Crippen LogP contribution in [0.5, 0.6) is 0 Å². The molecule has 0 aromatic carbocycles. The van der Waals surface area contributed by atoms with Crippen LogP contribution in [0.4, 0.5) is 0 Å². The number of carbonyl (C=O) groups is 1.